The van der Waals surface area contributed by atoms with Gasteiger partial charge in [0, 0.05) is 5.02 Å². The second-order valence-corrected chi connectivity index (χ2v) is 8.36. The van der Waals surface area contributed by atoms with Gasteiger partial charge in [-0.3, -0.25) is 9.89 Å². The molecule has 0 saturated heterocycles. The number of aromatic nitrogens is 2. The molecule has 30 heavy (non-hydrogen) atoms. The first kappa shape index (κ1) is 21.4. The van der Waals surface area contributed by atoms with Gasteiger partial charge in [-0.2, -0.15) is 0 Å². The first-order valence-electron chi connectivity index (χ1n) is 8.45. The van der Waals surface area contributed by atoms with Crippen molar-refractivity contribution in [2.75, 3.05) is 7.05 Å². The molecule has 0 aliphatic rings. The minimum Gasteiger partial charge on any atom is -0.478 e. The molecule has 10 nitrogen and oxygen atoms in total. The number of halogens is 1. The zero-order valence-corrected chi connectivity index (χ0v) is 17.3. The van der Waals surface area contributed by atoms with Crippen LogP contribution < -0.4 is 10.3 Å². The van der Waals surface area contributed by atoms with Crippen LogP contribution in [0.4, 0.5) is 11.4 Å². The van der Waals surface area contributed by atoms with Crippen molar-refractivity contribution in [1.29, 1.82) is 0 Å². The van der Waals surface area contributed by atoms with Crippen LogP contribution in [-0.4, -0.2) is 36.3 Å². The summed E-state index contributed by atoms with van der Waals surface area (Å²) in [7, 11) is -2.84. The average molecular weight is 450 g/mol. The molecule has 3 aromatic rings. The van der Waals surface area contributed by atoms with Crippen LogP contribution in [0.2, 0.25) is 5.02 Å². The molecule has 0 spiro atoms. The Morgan fingerprint density at radius 2 is 1.83 bits per heavy atom. The number of sulfonamides is 1. The molecule has 0 fully saturated rings. The number of carbonyl (C=O) groups is 1. The van der Waals surface area contributed by atoms with Gasteiger partial charge < -0.3 is 5.11 Å². The molecule has 1 aromatic heterocycles. The Bertz CT molecular complexity index is 1330. The number of benzene rings is 2. The number of carboxylic acid groups (broad SMARTS) is 1. The molecular weight excluding hydrogens is 434 g/mol. The smallest absolute Gasteiger partial charge is 0.338 e. The van der Waals surface area contributed by atoms with E-state index in [1.165, 1.54) is 29.9 Å². The number of aromatic amines is 1. The van der Waals surface area contributed by atoms with Gasteiger partial charge in [0.25, 0.3) is 5.56 Å². The third-order valence-electron chi connectivity index (χ3n) is 4.14. The zero-order valence-electron chi connectivity index (χ0n) is 15.7. The number of aromatic carboxylic acids is 1. The Labute approximate surface area is 175 Å². The number of carboxylic acids is 1. The lowest BCUT2D eigenvalue weighted by Crippen LogP contribution is -2.19. The quantitative estimate of drug-likeness (QED) is 0.494. The second-order valence-electron chi connectivity index (χ2n) is 6.07. The molecule has 12 heteroatoms. The summed E-state index contributed by atoms with van der Waals surface area (Å²) in [5, 5.41) is 20.4. The van der Waals surface area contributed by atoms with Crippen LogP contribution in [0.5, 0.6) is 0 Å². The molecule has 0 atom stereocenters. The predicted octanol–water partition coefficient (Wildman–Crippen LogP) is 3.15. The molecule has 0 radical (unpaired) electrons. The molecule has 156 valence electrons. The number of nitrogens with zero attached hydrogens (tertiary/aromatic N) is 3. The first-order valence-corrected chi connectivity index (χ1v) is 10.3. The third kappa shape index (κ3) is 4.03. The summed E-state index contributed by atoms with van der Waals surface area (Å²) in [5.74, 6) is -1.39. The van der Waals surface area contributed by atoms with Crippen molar-refractivity contribution in [3.8, 4) is 5.69 Å². The lowest BCUT2D eigenvalue weighted by molar-refractivity contribution is 0.0697. The summed E-state index contributed by atoms with van der Waals surface area (Å²) < 4.78 is 27.9. The zero-order chi connectivity index (χ0) is 22.1. The first-order chi connectivity index (χ1) is 14.2. The molecule has 0 amide bonds. The van der Waals surface area contributed by atoms with Gasteiger partial charge in [-0.25, -0.2) is 22.6 Å². The van der Waals surface area contributed by atoms with Gasteiger partial charge in [0.15, 0.2) is 5.69 Å². The van der Waals surface area contributed by atoms with E-state index in [9.17, 15) is 23.1 Å². The van der Waals surface area contributed by atoms with Crippen LogP contribution in [0, 0.1) is 6.92 Å². The van der Waals surface area contributed by atoms with Crippen LogP contribution in [0.15, 0.2) is 62.4 Å². The van der Waals surface area contributed by atoms with Crippen molar-refractivity contribution < 1.29 is 18.3 Å². The van der Waals surface area contributed by atoms with Crippen LogP contribution in [0.25, 0.3) is 5.69 Å². The molecular formula is C18H16ClN5O5S. The minimum absolute atomic E-state index is 0.108. The topological polar surface area (TPSA) is 146 Å². The van der Waals surface area contributed by atoms with E-state index >= 15 is 0 Å². The summed E-state index contributed by atoms with van der Waals surface area (Å²) in [6.07, 6.45) is 0. The Hall–Kier alpha value is -3.28. The van der Waals surface area contributed by atoms with E-state index < -0.39 is 27.2 Å². The second kappa shape index (κ2) is 8.22. The summed E-state index contributed by atoms with van der Waals surface area (Å²) >= 11 is 5.97. The Morgan fingerprint density at radius 3 is 2.47 bits per heavy atom. The molecule has 0 aliphatic heterocycles. The minimum atomic E-state index is -4.02. The third-order valence-corrected chi connectivity index (χ3v) is 5.83. The Balaban J connectivity index is 2.16. The average Bonchev–Trinajstić information content (AvgIpc) is 2.99. The molecule has 2 aromatic carbocycles. The van der Waals surface area contributed by atoms with Crippen molar-refractivity contribution >= 4 is 39.0 Å². The standard InChI is InChI=1S/C18H16ClN5O5S/c1-10-15(17(25)24(23-10)12-6-3-5-11(19)9-12)21-22-16-13(18(26)27)7-4-8-14(16)30(28,29)20-2/h3-9,20,23H,1-2H3,(H,26,27). The predicted molar refractivity (Wildman–Crippen MR) is 110 cm³/mol. The molecule has 3 N–H and O–H groups in total. The molecule has 1 heterocycles. The summed E-state index contributed by atoms with van der Waals surface area (Å²) in [6.45, 7) is 1.57. The number of aryl methyl sites for hydroxylation is 1. The highest BCUT2D eigenvalue weighted by Crippen LogP contribution is 2.30. The van der Waals surface area contributed by atoms with E-state index in [1.807, 2.05) is 0 Å². The fourth-order valence-electron chi connectivity index (χ4n) is 2.68. The van der Waals surface area contributed by atoms with Crippen molar-refractivity contribution in [2.24, 2.45) is 10.2 Å². The number of nitrogens with one attached hydrogen (secondary N) is 2. The monoisotopic (exact) mass is 449 g/mol. The number of H-pyrrole nitrogens is 1. The van der Waals surface area contributed by atoms with Gasteiger partial charge in [-0.15, -0.1) is 10.2 Å². The van der Waals surface area contributed by atoms with Crippen molar-refractivity contribution in [3.05, 3.63) is 69.1 Å². The normalized spacial score (nSPS) is 11.8. The fourth-order valence-corrected chi connectivity index (χ4v) is 3.74. The van der Waals surface area contributed by atoms with Gasteiger partial charge >= 0.3 is 5.97 Å². The SMILES string of the molecule is CNS(=O)(=O)c1cccc(C(=O)O)c1N=Nc1c(C)[nH]n(-c2cccc(Cl)c2)c1=O. The summed E-state index contributed by atoms with van der Waals surface area (Å²) in [6, 6.07) is 10.2. The van der Waals surface area contributed by atoms with E-state index in [2.05, 4.69) is 20.0 Å². The van der Waals surface area contributed by atoms with E-state index in [4.69, 9.17) is 11.6 Å². The molecule has 0 saturated carbocycles. The van der Waals surface area contributed by atoms with E-state index in [1.54, 1.807) is 31.2 Å². The molecule has 0 unspecified atom stereocenters. The maximum Gasteiger partial charge on any atom is 0.338 e. The Kier molecular flexibility index (Phi) is 5.87. The number of hydrogen-bond acceptors (Lipinski definition) is 6. The van der Waals surface area contributed by atoms with Crippen molar-refractivity contribution in [2.45, 2.75) is 11.8 Å². The van der Waals surface area contributed by atoms with Crippen molar-refractivity contribution in [3.63, 3.8) is 0 Å². The van der Waals surface area contributed by atoms with E-state index in [0.717, 1.165) is 0 Å². The highest BCUT2D eigenvalue weighted by molar-refractivity contribution is 7.89. The van der Waals surface area contributed by atoms with Crippen LogP contribution in [0.3, 0.4) is 0 Å². The number of rotatable bonds is 6. The summed E-state index contributed by atoms with van der Waals surface area (Å²) in [4.78, 5) is 23.9. The van der Waals surface area contributed by atoms with Gasteiger partial charge in [0.05, 0.1) is 16.9 Å². The summed E-state index contributed by atoms with van der Waals surface area (Å²) in [5.41, 5.74) is -0.643. The molecule has 3 rings (SSSR count). The van der Waals surface area contributed by atoms with Gasteiger partial charge in [0.1, 0.15) is 10.6 Å². The maximum atomic E-state index is 12.8. The largest absolute Gasteiger partial charge is 0.478 e. The van der Waals surface area contributed by atoms with Gasteiger partial charge in [-0.1, -0.05) is 23.7 Å². The van der Waals surface area contributed by atoms with Gasteiger partial charge in [0.2, 0.25) is 10.0 Å². The lowest BCUT2D eigenvalue weighted by atomic mass is 10.2. The van der Waals surface area contributed by atoms with Gasteiger partial charge in [-0.05, 0) is 44.3 Å². The van der Waals surface area contributed by atoms with Crippen LogP contribution in [0.1, 0.15) is 16.1 Å². The lowest BCUT2D eigenvalue weighted by Gasteiger charge is -2.07. The maximum absolute atomic E-state index is 12.8. The number of hydrogen-bond donors (Lipinski definition) is 3. The highest BCUT2D eigenvalue weighted by atomic mass is 35.5. The highest BCUT2D eigenvalue weighted by Gasteiger charge is 2.23. The van der Waals surface area contributed by atoms with Crippen LogP contribution in [-0.2, 0) is 10.0 Å². The van der Waals surface area contributed by atoms with Crippen LogP contribution >= 0.6 is 11.6 Å². The molecule has 0 aliphatic carbocycles. The fraction of sp³-hybridized carbons (Fsp3) is 0.111. The molecule has 0 bridgehead atoms. The van der Waals surface area contributed by atoms with E-state index in [0.29, 0.717) is 16.4 Å². The Morgan fingerprint density at radius 1 is 1.17 bits per heavy atom. The number of azo groups is 1. The van der Waals surface area contributed by atoms with E-state index in [-0.39, 0.29) is 16.1 Å². The van der Waals surface area contributed by atoms with Crippen molar-refractivity contribution in [1.82, 2.24) is 14.5 Å².